The summed E-state index contributed by atoms with van der Waals surface area (Å²) in [5, 5.41) is 0. The summed E-state index contributed by atoms with van der Waals surface area (Å²) in [6.07, 6.45) is 4.88. The largest absolute Gasteiger partial charge is 0.370 e. The minimum absolute atomic E-state index is 0.275. The predicted octanol–water partition coefficient (Wildman–Crippen LogP) is 3.73. The topological polar surface area (TPSA) is 9.23 Å². The van der Waals surface area contributed by atoms with Gasteiger partial charge in [-0.25, -0.2) is 0 Å². The molecule has 0 amide bonds. The molecule has 0 spiro atoms. The fourth-order valence-corrected chi connectivity index (χ4v) is 2.23. The Hall–Kier alpha value is -1.08. The summed E-state index contributed by atoms with van der Waals surface area (Å²) in [6, 6.07) is 10.5. The number of benzene rings is 1. The van der Waals surface area contributed by atoms with Crippen molar-refractivity contribution in [2.45, 2.75) is 32.0 Å². The van der Waals surface area contributed by atoms with E-state index in [1.54, 1.807) is 0 Å². The van der Waals surface area contributed by atoms with Crippen LogP contribution in [0.5, 0.6) is 0 Å². The molecule has 0 bridgehead atoms. The molecule has 1 aromatic rings. The minimum Gasteiger partial charge on any atom is -0.370 e. The van der Waals surface area contributed by atoms with Gasteiger partial charge in [-0.2, -0.15) is 0 Å². The van der Waals surface area contributed by atoms with Crippen molar-refractivity contribution in [2.75, 3.05) is 0 Å². The molecule has 1 aliphatic heterocycles. The summed E-state index contributed by atoms with van der Waals surface area (Å²) in [5.41, 5.74) is 1.30. The van der Waals surface area contributed by atoms with Gasteiger partial charge in [0, 0.05) is 5.92 Å². The van der Waals surface area contributed by atoms with E-state index in [2.05, 4.69) is 37.8 Å². The molecule has 80 valence electrons. The smallest absolute Gasteiger partial charge is 0.0829 e. The van der Waals surface area contributed by atoms with Gasteiger partial charge in [0.2, 0.25) is 0 Å². The number of hydrogen-bond donors (Lipinski definition) is 0. The van der Waals surface area contributed by atoms with Gasteiger partial charge < -0.3 is 4.74 Å². The third kappa shape index (κ3) is 2.29. The van der Waals surface area contributed by atoms with Crippen molar-refractivity contribution in [3.8, 4) is 0 Å². The Morgan fingerprint density at radius 1 is 1.27 bits per heavy atom. The van der Waals surface area contributed by atoms with E-state index in [-0.39, 0.29) is 6.10 Å². The molecule has 0 N–H and O–H groups in total. The molecule has 15 heavy (non-hydrogen) atoms. The third-order valence-electron chi connectivity index (χ3n) is 3.22. The van der Waals surface area contributed by atoms with Crippen LogP contribution in [-0.4, -0.2) is 6.10 Å². The molecule has 1 aromatic carbocycles. The van der Waals surface area contributed by atoms with E-state index in [0.717, 1.165) is 6.42 Å². The Kier molecular flexibility index (Phi) is 3.22. The Labute approximate surface area is 91.8 Å². The Balaban J connectivity index is 2.06. The van der Waals surface area contributed by atoms with E-state index in [4.69, 9.17) is 4.74 Å². The van der Waals surface area contributed by atoms with Crippen LogP contribution >= 0.6 is 0 Å². The van der Waals surface area contributed by atoms with Crippen molar-refractivity contribution in [1.82, 2.24) is 0 Å². The second kappa shape index (κ2) is 4.63. The van der Waals surface area contributed by atoms with E-state index in [1.807, 2.05) is 12.1 Å². The van der Waals surface area contributed by atoms with Gasteiger partial charge in [0.05, 0.1) is 12.2 Å². The summed E-state index contributed by atoms with van der Waals surface area (Å²) in [7, 11) is 0. The van der Waals surface area contributed by atoms with Crippen LogP contribution in [0.25, 0.3) is 0 Å². The van der Waals surface area contributed by atoms with Crippen molar-refractivity contribution < 1.29 is 4.74 Å². The highest BCUT2D eigenvalue weighted by Crippen LogP contribution is 2.34. The van der Waals surface area contributed by atoms with E-state index >= 15 is 0 Å². The Morgan fingerprint density at radius 3 is 2.60 bits per heavy atom. The van der Waals surface area contributed by atoms with Crippen LogP contribution in [0.4, 0.5) is 0 Å². The van der Waals surface area contributed by atoms with Gasteiger partial charge in [-0.3, -0.25) is 0 Å². The first-order chi connectivity index (χ1) is 7.31. The second-order valence-electron chi connectivity index (χ2n) is 4.22. The SMILES string of the molecule is C=C[C@H]1CCC(c2ccccc2)O[C@@H]1C. The molecule has 0 radical (unpaired) electrons. The highest BCUT2D eigenvalue weighted by molar-refractivity contribution is 5.18. The first-order valence-corrected chi connectivity index (χ1v) is 5.64. The van der Waals surface area contributed by atoms with Gasteiger partial charge in [0.1, 0.15) is 0 Å². The molecule has 1 heteroatoms. The van der Waals surface area contributed by atoms with Crippen molar-refractivity contribution in [2.24, 2.45) is 5.92 Å². The summed E-state index contributed by atoms with van der Waals surface area (Å²) in [5.74, 6) is 0.518. The molecule has 0 aliphatic carbocycles. The molecule has 3 atom stereocenters. The molecule has 0 saturated carbocycles. The van der Waals surface area contributed by atoms with E-state index in [0.29, 0.717) is 12.0 Å². The summed E-state index contributed by atoms with van der Waals surface area (Å²) >= 11 is 0. The Bertz CT molecular complexity index is 317. The monoisotopic (exact) mass is 202 g/mol. The second-order valence-corrected chi connectivity index (χ2v) is 4.22. The lowest BCUT2D eigenvalue weighted by molar-refractivity contribution is -0.0632. The first kappa shape index (κ1) is 10.4. The van der Waals surface area contributed by atoms with Crippen LogP contribution < -0.4 is 0 Å². The van der Waals surface area contributed by atoms with Gasteiger partial charge in [0.25, 0.3) is 0 Å². The van der Waals surface area contributed by atoms with E-state index in [9.17, 15) is 0 Å². The zero-order chi connectivity index (χ0) is 10.7. The van der Waals surface area contributed by atoms with Gasteiger partial charge in [-0.1, -0.05) is 36.4 Å². The van der Waals surface area contributed by atoms with E-state index in [1.165, 1.54) is 12.0 Å². The minimum atomic E-state index is 0.275. The first-order valence-electron chi connectivity index (χ1n) is 5.64. The van der Waals surface area contributed by atoms with Crippen LogP contribution in [0.15, 0.2) is 43.0 Å². The van der Waals surface area contributed by atoms with Gasteiger partial charge in [0.15, 0.2) is 0 Å². The van der Waals surface area contributed by atoms with Crippen LogP contribution in [-0.2, 0) is 4.74 Å². The average molecular weight is 202 g/mol. The molecule has 1 fully saturated rings. The van der Waals surface area contributed by atoms with E-state index < -0.39 is 0 Å². The quantitative estimate of drug-likeness (QED) is 0.664. The lowest BCUT2D eigenvalue weighted by atomic mass is 9.90. The lowest BCUT2D eigenvalue weighted by Gasteiger charge is -2.33. The van der Waals surface area contributed by atoms with Gasteiger partial charge in [-0.15, -0.1) is 6.58 Å². The lowest BCUT2D eigenvalue weighted by Crippen LogP contribution is -2.27. The highest BCUT2D eigenvalue weighted by atomic mass is 16.5. The molecule has 2 rings (SSSR count). The van der Waals surface area contributed by atoms with Crippen LogP contribution in [0.3, 0.4) is 0 Å². The zero-order valence-corrected chi connectivity index (χ0v) is 9.23. The van der Waals surface area contributed by atoms with Crippen LogP contribution in [0, 0.1) is 5.92 Å². The molecule has 1 nitrogen and oxygen atoms in total. The number of hydrogen-bond acceptors (Lipinski definition) is 1. The molecular formula is C14H18O. The fourth-order valence-electron chi connectivity index (χ4n) is 2.23. The predicted molar refractivity (Wildman–Crippen MR) is 62.7 cm³/mol. The van der Waals surface area contributed by atoms with Gasteiger partial charge in [-0.05, 0) is 25.3 Å². The van der Waals surface area contributed by atoms with Gasteiger partial charge >= 0.3 is 0 Å². The van der Waals surface area contributed by atoms with Crippen LogP contribution in [0.1, 0.15) is 31.4 Å². The zero-order valence-electron chi connectivity index (χ0n) is 9.23. The molecule has 1 heterocycles. The third-order valence-corrected chi connectivity index (χ3v) is 3.22. The number of rotatable bonds is 2. The molecule has 1 aliphatic rings. The normalized spacial score (nSPS) is 31.1. The van der Waals surface area contributed by atoms with Crippen molar-refractivity contribution in [3.63, 3.8) is 0 Å². The maximum atomic E-state index is 6.00. The van der Waals surface area contributed by atoms with Crippen molar-refractivity contribution in [3.05, 3.63) is 48.6 Å². The molecule has 1 unspecified atom stereocenters. The molecular weight excluding hydrogens is 184 g/mol. The van der Waals surface area contributed by atoms with Crippen LogP contribution in [0.2, 0.25) is 0 Å². The average Bonchev–Trinajstić information content (AvgIpc) is 2.30. The molecule has 0 aromatic heterocycles. The fraction of sp³-hybridized carbons (Fsp3) is 0.429. The maximum Gasteiger partial charge on any atom is 0.0829 e. The Morgan fingerprint density at radius 2 is 2.00 bits per heavy atom. The number of ether oxygens (including phenoxy) is 1. The standard InChI is InChI=1S/C14H18O/c1-3-12-9-10-14(15-11(12)2)13-7-5-4-6-8-13/h3-8,11-12,14H,1,9-10H2,2H3/t11-,12+,14?/m1/s1. The van der Waals surface area contributed by atoms with Crippen molar-refractivity contribution in [1.29, 1.82) is 0 Å². The maximum absolute atomic E-state index is 6.00. The summed E-state index contributed by atoms with van der Waals surface area (Å²) < 4.78 is 6.00. The summed E-state index contributed by atoms with van der Waals surface area (Å²) in [4.78, 5) is 0. The summed E-state index contributed by atoms with van der Waals surface area (Å²) in [6.45, 7) is 5.99. The highest BCUT2D eigenvalue weighted by Gasteiger charge is 2.26. The molecule has 1 saturated heterocycles. The van der Waals surface area contributed by atoms with Crippen molar-refractivity contribution >= 4 is 0 Å².